The van der Waals surface area contributed by atoms with Crippen molar-refractivity contribution in [1.82, 2.24) is 5.43 Å². The van der Waals surface area contributed by atoms with E-state index in [4.69, 9.17) is 11.6 Å². The van der Waals surface area contributed by atoms with Crippen LogP contribution in [0.3, 0.4) is 0 Å². The molecule has 0 aliphatic carbocycles. The Hall–Kier alpha value is -2.73. The van der Waals surface area contributed by atoms with Crippen LogP contribution in [0.25, 0.3) is 0 Å². The van der Waals surface area contributed by atoms with E-state index in [1.807, 2.05) is 6.92 Å². The third-order valence-electron chi connectivity index (χ3n) is 3.65. The summed E-state index contributed by atoms with van der Waals surface area (Å²) in [6.07, 6.45) is 0.0255. The molecule has 2 rings (SSSR count). The van der Waals surface area contributed by atoms with Gasteiger partial charge in [-0.05, 0) is 55.3 Å². The quantitative estimate of drug-likeness (QED) is 0.590. The standard InChI is InChI=1S/C19H19ClFN3O2/c1-12-11-15(20)5-8-17(12)22-18(25)9-10-19(26)24-23-13(2)14-3-6-16(21)7-4-14/h3-8,11H,9-10H2,1-2H3,(H,22,25)(H,24,26)/b23-13-. The molecular weight excluding hydrogens is 357 g/mol. The van der Waals surface area contributed by atoms with Crippen LogP contribution in [-0.4, -0.2) is 17.5 Å². The summed E-state index contributed by atoms with van der Waals surface area (Å²) in [6, 6.07) is 10.9. The summed E-state index contributed by atoms with van der Waals surface area (Å²) in [5.74, 6) is -0.994. The second kappa shape index (κ2) is 9.10. The van der Waals surface area contributed by atoms with Gasteiger partial charge in [-0.1, -0.05) is 23.7 Å². The summed E-state index contributed by atoms with van der Waals surface area (Å²) in [5.41, 5.74) is 5.13. The molecule has 0 atom stereocenters. The molecule has 0 unspecified atom stereocenters. The Balaban J connectivity index is 1.81. The fraction of sp³-hybridized carbons (Fsp3) is 0.211. The first-order valence-corrected chi connectivity index (χ1v) is 8.38. The smallest absolute Gasteiger partial charge is 0.240 e. The SMILES string of the molecule is C/C(=N/NC(=O)CCC(=O)Nc1ccc(Cl)cc1C)c1ccc(F)cc1. The lowest BCUT2D eigenvalue weighted by molar-refractivity contribution is -0.124. The molecule has 2 aromatic rings. The van der Waals surface area contributed by atoms with E-state index in [1.54, 1.807) is 37.3 Å². The van der Waals surface area contributed by atoms with E-state index < -0.39 is 0 Å². The maximum atomic E-state index is 12.9. The van der Waals surface area contributed by atoms with Crippen molar-refractivity contribution in [3.8, 4) is 0 Å². The number of carbonyl (C=O) groups is 2. The summed E-state index contributed by atoms with van der Waals surface area (Å²) in [6.45, 7) is 3.53. The number of aryl methyl sites for hydroxylation is 1. The number of hydrogen-bond acceptors (Lipinski definition) is 3. The topological polar surface area (TPSA) is 70.6 Å². The molecule has 0 radical (unpaired) electrons. The molecule has 7 heteroatoms. The van der Waals surface area contributed by atoms with E-state index in [1.165, 1.54) is 12.1 Å². The van der Waals surface area contributed by atoms with Gasteiger partial charge in [0, 0.05) is 23.6 Å². The highest BCUT2D eigenvalue weighted by atomic mass is 35.5. The number of hydrazone groups is 1. The summed E-state index contributed by atoms with van der Waals surface area (Å²) >= 11 is 5.87. The molecule has 2 amide bonds. The lowest BCUT2D eigenvalue weighted by Crippen LogP contribution is -2.22. The van der Waals surface area contributed by atoms with Gasteiger partial charge in [0.2, 0.25) is 11.8 Å². The van der Waals surface area contributed by atoms with Gasteiger partial charge in [0.25, 0.3) is 0 Å². The average molecular weight is 376 g/mol. The number of anilines is 1. The van der Waals surface area contributed by atoms with Crippen LogP contribution in [0.2, 0.25) is 5.02 Å². The van der Waals surface area contributed by atoms with E-state index in [9.17, 15) is 14.0 Å². The maximum Gasteiger partial charge on any atom is 0.240 e. The molecule has 5 nitrogen and oxygen atoms in total. The van der Waals surface area contributed by atoms with Gasteiger partial charge in [0.1, 0.15) is 5.82 Å². The molecule has 0 saturated carbocycles. The van der Waals surface area contributed by atoms with Crippen molar-refractivity contribution in [2.75, 3.05) is 5.32 Å². The van der Waals surface area contributed by atoms with E-state index in [0.717, 1.165) is 5.56 Å². The Morgan fingerprint density at radius 2 is 1.73 bits per heavy atom. The molecule has 0 fully saturated rings. The van der Waals surface area contributed by atoms with Gasteiger partial charge < -0.3 is 5.32 Å². The van der Waals surface area contributed by atoms with Crippen LogP contribution < -0.4 is 10.7 Å². The van der Waals surface area contributed by atoms with Crippen molar-refractivity contribution in [1.29, 1.82) is 0 Å². The Bertz CT molecular complexity index is 835. The van der Waals surface area contributed by atoms with Crippen LogP contribution in [-0.2, 0) is 9.59 Å². The number of benzene rings is 2. The summed E-state index contributed by atoms with van der Waals surface area (Å²) in [7, 11) is 0. The molecule has 0 bridgehead atoms. The molecule has 0 aliphatic heterocycles. The fourth-order valence-corrected chi connectivity index (χ4v) is 2.39. The number of halogens is 2. The van der Waals surface area contributed by atoms with Gasteiger partial charge in [0.05, 0.1) is 5.71 Å². The third-order valence-corrected chi connectivity index (χ3v) is 3.89. The number of rotatable bonds is 6. The van der Waals surface area contributed by atoms with Crippen LogP contribution in [0.5, 0.6) is 0 Å². The molecule has 2 aromatic carbocycles. The minimum Gasteiger partial charge on any atom is -0.326 e. The van der Waals surface area contributed by atoms with E-state index in [2.05, 4.69) is 15.8 Å². The Kier molecular flexibility index (Phi) is 6.86. The highest BCUT2D eigenvalue weighted by molar-refractivity contribution is 6.30. The van der Waals surface area contributed by atoms with Crippen molar-refractivity contribution in [2.24, 2.45) is 5.10 Å². The van der Waals surface area contributed by atoms with Gasteiger partial charge in [-0.2, -0.15) is 5.10 Å². The summed E-state index contributed by atoms with van der Waals surface area (Å²) in [4.78, 5) is 23.8. The van der Waals surface area contributed by atoms with Crippen molar-refractivity contribution < 1.29 is 14.0 Å². The molecule has 26 heavy (non-hydrogen) atoms. The first-order valence-electron chi connectivity index (χ1n) is 8.00. The molecule has 0 spiro atoms. The van der Waals surface area contributed by atoms with Crippen molar-refractivity contribution in [2.45, 2.75) is 26.7 Å². The number of nitrogens with one attached hydrogen (secondary N) is 2. The molecule has 0 aliphatic rings. The van der Waals surface area contributed by atoms with E-state index in [0.29, 0.717) is 22.0 Å². The molecule has 0 heterocycles. The highest BCUT2D eigenvalue weighted by Crippen LogP contribution is 2.19. The molecule has 2 N–H and O–H groups in total. The number of hydrogen-bond donors (Lipinski definition) is 2. The van der Waals surface area contributed by atoms with Crippen LogP contribution >= 0.6 is 11.6 Å². The average Bonchev–Trinajstić information content (AvgIpc) is 2.61. The zero-order chi connectivity index (χ0) is 19.1. The van der Waals surface area contributed by atoms with Crippen LogP contribution in [0.4, 0.5) is 10.1 Å². The maximum absolute atomic E-state index is 12.9. The zero-order valence-corrected chi connectivity index (χ0v) is 15.2. The van der Waals surface area contributed by atoms with Gasteiger partial charge >= 0.3 is 0 Å². The summed E-state index contributed by atoms with van der Waals surface area (Å²) in [5, 5.41) is 7.29. The highest BCUT2D eigenvalue weighted by Gasteiger charge is 2.09. The molecule has 136 valence electrons. The lowest BCUT2D eigenvalue weighted by atomic mass is 10.1. The normalized spacial score (nSPS) is 11.2. The van der Waals surface area contributed by atoms with E-state index >= 15 is 0 Å². The second-order valence-electron chi connectivity index (χ2n) is 5.75. The molecule has 0 saturated heterocycles. The predicted molar refractivity (Wildman–Crippen MR) is 101 cm³/mol. The fourth-order valence-electron chi connectivity index (χ4n) is 2.16. The second-order valence-corrected chi connectivity index (χ2v) is 6.18. The van der Waals surface area contributed by atoms with Crippen molar-refractivity contribution in [3.63, 3.8) is 0 Å². The van der Waals surface area contributed by atoms with Crippen molar-refractivity contribution >= 4 is 34.8 Å². The first kappa shape index (κ1) is 19.6. The molecular formula is C19H19ClFN3O2. The Morgan fingerprint density at radius 3 is 2.38 bits per heavy atom. The van der Waals surface area contributed by atoms with Gasteiger partial charge in [0.15, 0.2) is 0 Å². The number of amides is 2. The Labute approximate surface area is 156 Å². The molecule has 0 aromatic heterocycles. The van der Waals surface area contributed by atoms with Gasteiger partial charge in [-0.15, -0.1) is 0 Å². The van der Waals surface area contributed by atoms with E-state index in [-0.39, 0.29) is 30.5 Å². The first-order chi connectivity index (χ1) is 12.3. The number of nitrogens with zero attached hydrogens (tertiary/aromatic N) is 1. The predicted octanol–water partition coefficient (Wildman–Crippen LogP) is 4.05. The third kappa shape index (κ3) is 5.97. The van der Waals surface area contributed by atoms with Crippen LogP contribution in [0.1, 0.15) is 30.9 Å². The van der Waals surface area contributed by atoms with Crippen molar-refractivity contribution in [3.05, 3.63) is 64.4 Å². The van der Waals surface area contributed by atoms with Gasteiger partial charge in [-0.25, -0.2) is 9.82 Å². The Morgan fingerprint density at radius 1 is 1.08 bits per heavy atom. The van der Waals surface area contributed by atoms with Crippen LogP contribution in [0, 0.1) is 12.7 Å². The number of carbonyl (C=O) groups excluding carboxylic acids is 2. The monoisotopic (exact) mass is 375 g/mol. The minimum atomic E-state index is -0.380. The summed E-state index contributed by atoms with van der Waals surface area (Å²) < 4.78 is 12.9. The largest absolute Gasteiger partial charge is 0.326 e. The zero-order valence-electron chi connectivity index (χ0n) is 14.5. The van der Waals surface area contributed by atoms with Gasteiger partial charge in [-0.3, -0.25) is 9.59 Å². The minimum absolute atomic E-state index is 0.00132. The van der Waals surface area contributed by atoms with Crippen LogP contribution in [0.15, 0.2) is 47.6 Å². The lowest BCUT2D eigenvalue weighted by Gasteiger charge is -2.08.